The van der Waals surface area contributed by atoms with E-state index in [1.165, 1.54) is 18.4 Å². The molecule has 0 radical (unpaired) electrons. The third kappa shape index (κ3) is 3.65. The summed E-state index contributed by atoms with van der Waals surface area (Å²) in [5, 5.41) is 11.2. The van der Waals surface area contributed by atoms with Crippen molar-refractivity contribution >= 4 is 23.2 Å². The van der Waals surface area contributed by atoms with Crippen LogP contribution >= 0.6 is 11.3 Å². The molecule has 1 unspecified atom stereocenters. The van der Waals surface area contributed by atoms with Crippen molar-refractivity contribution in [2.75, 3.05) is 20.8 Å². The summed E-state index contributed by atoms with van der Waals surface area (Å²) in [7, 11) is 3.09. The molecule has 2 aromatic rings. The predicted molar refractivity (Wildman–Crippen MR) is 95.8 cm³/mol. The summed E-state index contributed by atoms with van der Waals surface area (Å²) in [5.41, 5.74) is 4.15. The van der Waals surface area contributed by atoms with Gasteiger partial charge in [0.2, 0.25) is 5.91 Å². The van der Waals surface area contributed by atoms with Crippen molar-refractivity contribution in [2.45, 2.75) is 25.3 Å². The van der Waals surface area contributed by atoms with Crippen molar-refractivity contribution in [3.05, 3.63) is 39.8 Å². The molecule has 0 spiro atoms. The lowest BCUT2D eigenvalue weighted by Crippen LogP contribution is -2.41. The molecule has 0 aliphatic carbocycles. The predicted octanol–water partition coefficient (Wildman–Crippen LogP) is 2.30. The van der Waals surface area contributed by atoms with Gasteiger partial charge >= 0.3 is 5.97 Å². The Hall–Kier alpha value is -2.61. The van der Waals surface area contributed by atoms with E-state index in [-0.39, 0.29) is 18.7 Å². The van der Waals surface area contributed by atoms with Crippen LogP contribution < -0.4 is 9.47 Å². The van der Waals surface area contributed by atoms with Crippen LogP contribution in [0.5, 0.6) is 11.5 Å². The molecule has 1 aliphatic heterocycles. The van der Waals surface area contributed by atoms with Crippen molar-refractivity contribution < 1.29 is 24.2 Å². The Morgan fingerprint density at radius 1 is 1.31 bits per heavy atom. The minimum Gasteiger partial charge on any atom is -0.493 e. The van der Waals surface area contributed by atoms with Crippen molar-refractivity contribution in [1.29, 1.82) is 0 Å². The van der Waals surface area contributed by atoms with Gasteiger partial charge in [0.1, 0.15) is 0 Å². The number of ether oxygens (including phenoxy) is 2. The fraction of sp³-hybridized carbons (Fsp3) is 0.389. The minimum absolute atomic E-state index is 0.123. The number of aromatic nitrogens is 1. The number of benzene rings is 1. The van der Waals surface area contributed by atoms with Gasteiger partial charge < -0.3 is 19.5 Å². The number of hydrogen-bond donors (Lipinski definition) is 1. The fourth-order valence-corrected chi connectivity index (χ4v) is 3.85. The lowest BCUT2D eigenvalue weighted by atomic mass is 9.89. The molecule has 0 bridgehead atoms. The topological polar surface area (TPSA) is 89.0 Å². The lowest BCUT2D eigenvalue weighted by molar-refractivity contribution is -0.141. The third-order valence-corrected chi connectivity index (χ3v) is 5.14. The molecule has 1 amide bonds. The number of aliphatic carboxylic acids is 1. The summed E-state index contributed by atoms with van der Waals surface area (Å²) in [4.78, 5) is 30.0. The summed E-state index contributed by atoms with van der Waals surface area (Å²) in [5.74, 6) is 0.0460. The van der Waals surface area contributed by atoms with Crippen LogP contribution in [0.3, 0.4) is 0 Å². The number of fused-ring (bicyclic) bond motifs is 1. The van der Waals surface area contributed by atoms with Gasteiger partial charge in [0.05, 0.1) is 44.3 Å². The molecule has 0 fully saturated rings. The lowest BCUT2D eigenvalue weighted by Gasteiger charge is -2.37. The van der Waals surface area contributed by atoms with Crippen LogP contribution in [0.2, 0.25) is 0 Å². The number of carbonyl (C=O) groups excluding carboxylic acids is 1. The second kappa shape index (κ2) is 7.74. The monoisotopic (exact) mass is 376 g/mol. The molecule has 1 aromatic heterocycles. The molecule has 1 aromatic carbocycles. The van der Waals surface area contributed by atoms with E-state index in [0.29, 0.717) is 30.2 Å². The number of hydrogen-bond acceptors (Lipinski definition) is 6. The van der Waals surface area contributed by atoms with Crippen LogP contribution in [0.25, 0.3) is 0 Å². The highest BCUT2D eigenvalue weighted by Gasteiger charge is 2.33. The van der Waals surface area contributed by atoms with Gasteiger partial charge in [-0.15, -0.1) is 11.3 Å². The van der Waals surface area contributed by atoms with Gasteiger partial charge in [-0.1, -0.05) is 0 Å². The van der Waals surface area contributed by atoms with Crippen molar-refractivity contribution in [1.82, 2.24) is 9.88 Å². The molecule has 8 heteroatoms. The highest BCUT2D eigenvalue weighted by Crippen LogP contribution is 2.39. The summed E-state index contributed by atoms with van der Waals surface area (Å²) in [6.07, 6.45) is 0.641. The van der Waals surface area contributed by atoms with Gasteiger partial charge in [0.25, 0.3) is 0 Å². The summed E-state index contributed by atoms with van der Waals surface area (Å²) < 4.78 is 10.7. The van der Waals surface area contributed by atoms with E-state index >= 15 is 0 Å². The van der Waals surface area contributed by atoms with Crippen LogP contribution in [-0.4, -0.2) is 47.6 Å². The first kappa shape index (κ1) is 18.2. The number of nitrogens with zero attached hydrogens (tertiary/aromatic N) is 2. The molecule has 1 aliphatic rings. The van der Waals surface area contributed by atoms with Crippen LogP contribution in [0.4, 0.5) is 0 Å². The molecule has 7 nitrogen and oxygen atoms in total. The Labute approximate surface area is 155 Å². The van der Waals surface area contributed by atoms with Crippen molar-refractivity contribution in [3.8, 4) is 11.5 Å². The van der Waals surface area contributed by atoms with E-state index in [1.54, 1.807) is 23.6 Å². The minimum atomic E-state index is -0.955. The maximum atomic E-state index is 12.8. The standard InChI is InChI=1S/C18H20N2O5S/c1-24-15-5-11-3-4-20(17(21)6-12-9-26-10-19-12)14(8-18(22)23)13(11)7-16(15)25-2/h5,7,9-10,14H,3-4,6,8H2,1-2H3,(H,22,23). The van der Waals surface area contributed by atoms with Crippen LogP contribution in [-0.2, 0) is 22.4 Å². The third-order valence-electron chi connectivity index (χ3n) is 4.51. The Bertz CT molecular complexity index is 806. The Morgan fingerprint density at radius 2 is 2.04 bits per heavy atom. The first-order valence-corrected chi connectivity index (χ1v) is 9.11. The van der Waals surface area contributed by atoms with Crippen molar-refractivity contribution in [2.24, 2.45) is 0 Å². The summed E-state index contributed by atoms with van der Waals surface area (Å²) >= 11 is 1.43. The molecule has 2 heterocycles. The number of amides is 1. The normalized spacial score (nSPS) is 16.1. The molecule has 1 atom stereocenters. The fourth-order valence-electron chi connectivity index (χ4n) is 3.29. The first-order chi connectivity index (χ1) is 12.5. The number of carbonyl (C=O) groups is 2. The van der Waals surface area contributed by atoms with E-state index in [2.05, 4.69) is 4.98 Å². The largest absolute Gasteiger partial charge is 0.493 e. The molecule has 1 N–H and O–H groups in total. The number of methoxy groups -OCH3 is 2. The molecular formula is C18H20N2O5S. The highest BCUT2D eigenvalue weighted by molar-refractivity contribution is 7.07. The molecule has 26 heavy (non-hydrogen) atoms. The van der Waals surface area contributed by atoms with Gasteiger partial charge in [0, 0.05) is 11.9 Å². The highest BCUT2D eigenvalue weighted by atomic mass is 32.1. The summed E-state index contributed by atoms with van der Waals surface area (Å²) in [6.45, 7) is 0.462. The Kier molecular flexibility index (Phi) is 5.41. The van der Waals surface area contributed by atoms with Gasteiger partial charge in [-0.3, -0.25) is 9.59 Å². The van der Waals surface area contributed by atoms with Gasteiger partial charge in [0.15, 0.2) is 11.5 Å². The zero-order valence-corrected chi connectivity index (χ0v) is 15.4. The number of thiazole rings is 1. The van der Waals surface area contributed by atoms with Gasteiger partial charge in [-0.25, -0.2) is 4.98 Å². The zero-order valence-electron chi connectivity index (χ0n) is 14.6. The maximum absolute atomic E-state index is 12.8. The van der Waals surface area contributed by atoms with Gasteiger partial charge in [-0.05, 0) is 29.7 Å². The zero-order chi connectivity index (χ0) is 18.7. The first-order valence-electron chi connectivity index (χ1n) is 8.16. The quantitative estimate of drug-likeness (QED) is 0.832. The SMILES string of the molecule is COc1cc2c(cc1OC)C(CC(=O)O)N(C(=O)Cc1cscn1)CC2. The second-order valence-corrected chi connectivity index (χ2v) is 6.73. The molecular weight excluding hydrogens is 356 g/mol. The van der Waals surface area contributed by atoms with Gasteiger partial charge in [-0.2, -0.15) is 0 Å². The van der Waals surface area contributed by atoms with Crippen molar-refractivity contribution in [3.63, 3.8) is 0 Å². The Balaban J connectivity index is 1.95. The smallest absolute Gasteiger partial charge is 0.305 e. The van der Waals surface area contributed by atoms with Crippen LogP contribution in [0.1, 0.15) is 29.3 Å². The van der Waals surface area contributed by atoms with E-state index in [4.69, 9.17) is 9.47 Å². The van der Waals surface area contributed by atoms with E-state index in [0.717, 1.165) is 11.1 Å². The second-order valence-electron chi connectivity index (χ2n) is 6.01. The van der Waals surface area contributed by atoms with E-state index < -0.39 is 12.0 Å². The van der Waals surface area contributed by atoms with Crippen LogP contribution in [0, 0.1) is 0 Å². The average molecular weight is 376 g/mol. The van der Waals surface area contributed by atoms with Crippen LogP contribution in [0.15, 0.2) is 23.0 Å². The molecule has 138 valence electrons. The number of rotatable bonds is 6. The Morgan fingerprint density at radius 3 is 2.65 bits per heavy atom. The summed E-state index contributed by atoms with van der Waals surface area (Å²) in [6, 6.07) is 3.11. The number of carboxylic acid groups (broad SMARTS) is 1. The average Bonchev–Trinajstić information content (AvgIpc) is 3.13. The van der Waals surface area contributed by atoms with E-state index in [9.17, 15) is 14.7 Å². The maximum Gasteiger partial charge on any atom is 0.305 e. The molecule has 0 saturated carbocycles. The van der Waals surface area contributed by atoms with E-state index in [1.807, 2.05) is 11.4 Å². The number of carboxylic acids is 1. The molecule has 0 saturated heterocycles. The molecule has 3 rings (SSSR count).